The number of amides is 2. The smallest absolute Gasteiger partial charge is 0.263 e. The van der Waals surface area contributed by atoms with Gasteiger partial charge in [0.1, 0.15) is 0 Å². The predicted octanol–water partition coefficient (Wildman–Crippen LogP) is 2.88. The molecule has 0 bridgehead atoms. The monoisotopic (exact) mass is 320 g/mol. The molecular weight excluding hydrogens is 304 g/mol. The van der Waals surface area contributed by atoms with Crippen molar-refractivity contribution in [1.82, 2.24) is 20.1 Å². The van der Waals surface area contributed by atoms with Crippen molar-refractivity contribution >= 4 is 22.8 Å². The van der Waals surface area contributed by atoms with Crippen molar-refractivity contribution in [1.29, 1.82) is 0 Å². The fraction of sp³-hybridized carbons (Fsp3) is 0.222. The van der Waals surface area contributed by atoms with E-state index in [2.05, 4.69) is 29.0 Å². The minimum atomic E-state index is -0.307. The van der Waals surface area contributed by atoms with Crippen molar-refractivity contribution in [3.8, 4) is 0 Å². The fourth-order valence-corrected chi connectivity index (χ4v) is 3.00. The zero-order chi connectivity index (χ0) is 16.8. The molecule has 2 amide bonds. The number of carbonyl (C=O) groups is 2. The Labute approximate surface area is 138 Å². The molecule has 0 radical (unpaired) electrons. The summed E-state index contributed by atoms with van der Waals surface area (Å²) in [4.78, 5) is 30.7. The standard InChI is InChI=1S/C18H16N4O2/c1-10(2)12-5-3-11(4-6-12)9-22-17(23)14-7-19-16-13(8-20-21-16)15(14)18(22)24/h3-8,10H,9H2,1-2H3,(H,19,20,21). The second kappa shape index (κ2) is 5.26. The molecule has 0 atom stereocenters. The molecule has 2 aromatic heterocycles. The van der Waals surface area contributed by atoms with E-state index in [4.69, 9.17) is 0 Å². The molecule has 1 aliphatic heterocycles. The molecule has 0 fully saturated rings. The van der Waals surface area contributed by atoms with E-state index in [1.807, 2.05) is 24.3 Å². The van der Waals surface area contributed by atoms with E-state index < -0.39 is 0 Å². The maximum Gasteiger partial charge on any atom is 0.263 e. The van der Waals surface area contributed by atoms with E-state index in [-0.39, 0.29) is 18.4 Å². The van der Waals surface area contributed by atoms with Gasteiger partial charge in [0.25, 0.3) is 11.8 Å². The van der Waals surface area contributed by atoms with Gasteiger partial charge < -0.3 is 0 Å². The molecule has 3 heterocycles. The number of aromatic nitrogens is 3. The Bertz CT molecular complexity index is 957. The minimum Gasteiger partial charge on any atom is -0.270 e. The third-order valence-electron chi connectivity index (χ3n) is 4.40. The van der Waals surface area contributed by atoms with Gasteiger partial charge in [-0.1, -0.05) is 38.1 Å². The Morgan fingerprint density at radius 1 is 1.08 bits per heavy atom. The Kier molecular flexibility index (Phi) is 3.19. The lowest BCUT2D eigenvalue weighted by molar-refractivity contribution is 0.0643. The van der Waals surface area contributed by atoms with E-state index in [9.17, 15) is 9.59 Å². The van der Waals surface area contributed by atoms with Crippen LogP contribution in [0.15, 0.2) is 36.7 Å². The predicted molar refractivity (Wildman–Crippen MR) is 88.6 cm³/mol. The van der Waals surface area contributed by atoms with Crippen LogP contribution in [0.4, 0.5) is 0 Å². The largest absolute Gasteiger partial charge is 0.270 e. The van der Waals surface area contributed by atoms with E-state index in [0.717, 1.165) is 5.56 Å². The van der Waals surface area contributed by atoms with Crippen LogP contribution >= 0.6 is 0 Å². The second-order valence-electron chi connectivity index (χ2n) is 6.27. The Hall–Kier alpha value is -3.02. The van der Waals surface area contributed by atoms with E-state index >= 15 is 0 Å². The van der Waals surface area contributed by atoms with Gasteiger partial charge in [-0.05, 0) is 17.0 Å². The molecule has 0 spiro atoms. The molecule has 24 heavy (non-hydrogen) atoms. The number of hydrogen-bond donors (Lipinski definition) is 1. The van der Waals surface area contributed by atoms with Gasteiger partial charge >= 0.3 is 0 Å². The maximum absolute atomic E-state index is 12.7. The first-order chi connectivity index (χ1) is 11.6. The summed E-state index contributed by atoms with van der Waals surface area (Å²) < 4.78 is 0. The number of benzene rings is 1. The zero-order valence-corrected chi connectivity index (χ0v) is 13.4. The van der Waals surface area contributed by atoms with Crippen LogP contribution < -0.4 is 0 Å². The Morgan fingerprint density at radius 2 is 1.83 bits per heavy atom. The number of carbonyl (C=O) groups excluding carboxylic acids is 2. The topological polar surface area (TPSA) is 79.0 Å². The first kappa shape index (κ1) is 14.6. The van der Waals surface area contributed by atoms with Gasteiger partial charge in [-0.15, -0.1) is 0 Å². The summed E-state index contributed by atoms with van der Waals surface area (Å²) in [6.07, 6.45) is 2.98. The molecule has 120 valence electrons. The highest BCUT2D eigenvalue weighted by molar-refractivity contribution is 6.25. The Balaban J connectivity index is 1.67. The highest BCUT2D eigenvalue weighted by Crippen LogP contribution is 2.29. The second-order valence-corrected chi connectivity index (χ2v) is 6.27. The normalized spacial score (nSPS) is 14.0. The van der Waals surface area contributed by atoms with E-state index in [0.29, 0.717) is 28.1 Å². The number of H-pyrrole nitrogens is 1. The summed E-state index contributed by atoms with van der Waals surface area (Å²) in [7, 11) is 0. The minimum absolute atomic E-state index is 0.254. The van der Waals surface area contributed by atoms with Gasteiger partial charge in [-0.3, -0.25) is 19.6 Å². The summed E-state index contributed by atoms with van der Waals surface area (Å²) in [5.74, 6) is -0.158. The summed E-state index contributed by atoms with van der Waals surface area (Å²) >= 11 is 0. The van der Waals surface area contributed by atoms with Crippen LogP contribution in [0, 0.1) is 0 Å². The van der Waals surface area contributed by atoms with Gasteiger partial charge in [-0.25, -0.2) is 4.98 Å². The van der Waals surface area contributed by atoms with Crippen LogP contribution in [-0.4, -0.2) is 31.9 Å². The molecule has 1 N–H and O–H groups in total. The summed E-state index contributed by atoms with van der Waals surface area (Å²) in [5, 5.41) is 7.21. The van der Waals surface area contributed by atoms with Gasteiger partial charge in [0.05, 0.1) is 29.3 Å². The number of rotatable bonds is 3. The average molecular weight is 320 g/mol. The van der Waals surface area contributed by atoms with Crippen molar-refractivity contribution in [2.45, 2.75) is 26.3 Å². The molecular formula is C18H16N4O2. The SMILES string of the molecule is CC(C)c1ccc(CN2C(=O)c3cnc4[nH]ncc4c3C2=O)cc1. The average Bonchev–Trinajstić information content (AvgIpc) is 3.14. The van der Waals surface area contributed by atoms with Gasteiger partial charge in [0, 0.05) is 6.20 Å². The van der Waals surface area contributed by atoms with Crippen LogP contribution in [0.3, 0.4) is 0 Å². The van der Waals surface area contributed by atoms with Crippen molar-refractivity contribution in [3.05, 3.63) is 58.9 Å². The number of hydrogen-bond acceptors (Lipinski definition) is 4. The number of nitrogens with one attached hydrogen (secondary N) is 1. The molecule has 0 unspecified atom stereocenters. The number of fused-ring (bicyclic) bond motifs is 3. The maximum atomic E-state index is 12.7. The fourth-order valence-electron chi connectivity index (χ4n) is 3.00. The quantitative estimate of drug-likeness (QED) is 0.753. The van der Waals surface area contributed by atoms with Gasteiger partial charge in [-0.2, -0.15) is 5.10 Å². The molecule has 6 heteroatoms. The third-order valence-corrected chi connectivity index (χ3v) is 4.40. The lowest BCUT2D eigenvalue weighted by Crippen LogP contribution is -2.29. The molecule has 1 aromatic carbocycles. The van der Waals surface area contributed by atoms with Gasteiger partial charge in [0.2, 0.25) is 0 Å². The molecule has 0 saturated carbocycles. The van der Waals surface area contributed by atoms with Crippen LogP contribution in [0.1, 0.15) is 51.6 Å². The molecule has 4 rings (SSSR count). The van der Waals surface area contributed by atoms with Crippen LogP contribution in [-0.2, 0) is 6.54 Å². The van der Waals surface area contributed by atoms with Crippen molar-refractivity contribution in [2.24, 2.45) is 0 Å². The van der Waals surface area contributed by atoms with Crippen LogP contribution in [0.5, 0.6) is 0 Å². The molecule has 0 aliphatic carbocycles. The number of aromatic amines is 1. The number of nitrogens with zero attached hydrogens (tertiary/aromatic N) is 3. The molecule has 0 saturated heterocycles. The summed E-state index contributed by atoms with van der Waals surface area (Å²) in [6.45, 7) is 4.51. The van der Waals surface area contributed by atoms with E-state index in [1.54, 1.807) is 0 Å². The highest BCUT2D eigenvalue weighted by atomic mass is 16.2. The van der Waals surface area contributed by atoms with Gasteiger partial charge in [0.15, 0.2) is 5.65 Å². The summed E-state index contributed by atoms with van der Waals surface area (Å²) in [5.41, 5.74) is 3.39. The number of pyridine rings is 1. The number of imide groups is 1. The first-order valence-corrected chi connectivity index (χ1v) is 7.83. The van der Waals surface area contributed by atoms with Crippen LogP contribution in [0.25, 0.3) is 11.0 Å². The lowest BCUT2D eigenvalue weighted by Gasteiger charge is -2.14. The van der Waals surface area contributed by atoms with Crippen molar-refractivity contribution in [2.75, 3.05) is 0 Å². The highest BCUT2D eigenvalue weighted by Gasteiger charge is 2.37. The molecule has 1 aliphatic rings. The van der Waals surface area contributed by atoms with E-state index in [1.165, 1.54) is 22.9 Å². The zero-order valence-electron chi connectivity index (χ0n) is 13.4. The van der Waals surface area contributed by atoms with Crippen LogP contribution in [0.2, 0.25) is 0 Å². The molecule has 3 aromatic rings. The Morgan fingerprint density at radius 3 is 2.54 bits per heavy atom. The first-order valence-electron chi connectivity index (χ1n) is 7.83. The van der Waals surface area contributed by atoms with Crippen molar-refractivity contribution < 1.29 is 9.59 Å². The molecule has 6 nitrogen and oxygen atoms in total. The lowest BCUT2D eigenvalue weighted by atomic mass is 10.0. The summed E-state index contributed by atoms with van der Waals surface area (Å²) in [6, 6.07) is 8.00. The third kappa shape index (κ3) is 2.11. The van der Waals surface area contributed by atoms with Crippen molar-refractivity contribution in [3.63, 3.8) is 0 Å².